The van der Waals surface area contributed by atoms with Crippen molar-refractivity contribution in [2.45, 2.75) is 37.3 Å². The number of nitrogens with zero attached hydrogens (tertiary/aromatic N) is 1. The van der Waals surface area contributed by atoms with Gasteiger partial charge in [-0.1, -0.05) is 12.1 Å². The Hall–Kier alpha value is -1.11. The van der Waals surface area contributed by atoms with E-state index < -0.39 is 21.7 Å². The van der Waals surface area contributed by atoms with Gasteiger partial charge in [-0.25, -0.2) is 12.7 Å². The lowest BCUT2D eigenvalue weighted by Crippen LogP contribution is -2.42. The van der Waals surface area contributed by atoms with Crippen LogP contribution in [0, 0.1) is 0 Å². The monoisotopic (exact) mass is 286 g/mol. The van der Waals surface area contributed by atoms with Crippen molar-refractivity contribution < 1.29 is 13.5 Å². The zero-order chi connectivity index (χ0) is 14.8. The van der Waals surface area contributed by atoms with Crippen molar-refractivity contribution in [1.29, 1.82) is 0 Å². The van der Waals surface area contributed by atoms with Gasteiger partial charge in [0.1, 0.15) is 4.90 Å². The number of aliphatic hydroxyl groups is 1. The summed E-state index contributed by atoms with van der Waals surface area (Å²) in [4.78, 5) is 0.203. The summed E-state index contributed by atoms with van der Waals surface area (Å²) in [5.41, 5.74) is -0.139. The van der Waals surface area contributed by atoms with Gasteiger partial charge in [-0.15, -0.1) is 0 Å². The Labute approximate surface area is 115 Å². The van der Waals surface area contributed by atoms with Crippen molar-refractivity contribution in [3.05, 3.63) is 24.3 Å². The highest BCUT2D eigenvalue weighted by atomic mass is 32.2. The van der Waals surface area contributed by atoms with Crippen LogP contribution in [-0.2, 0) is 10.0 Å². The van der Waals surface area contributed by atoms with Gasteiger partial charge in [0, 0.05) is 14.1 Å². The molecule has 5 nitrogen and oxygen atoms in total. The minimum absolute atomic E-state index is 0.203. The molecule has 1 rings (SSSR count). The van der Waals surface area contributed by atoms with Crippen molar-refractivity contribution in [3.8, 4) is 0 Å². The molecule has 0 bridgehead atoms. The first kappa shape index (κ1) is 15.9. The van der Waals surface area contributed by atoms with Crippen LogP contribution < -0.4 is 5.32 Å². The molecular weight excluding hydrogens is 264 g/mol. The Morgan fingerprint density at radius 2 is 1.79 bits per heavy atom. The fourth-order valence-electron chi connectivity index (χ4n) is 1.44. The van der Waals surface area contributed by atoms with Crippen LogP contribution in [0.2, 0.25) is 0 Å². The fraction of sp³-hybridized carbons (Fsp3) is 0.538. The Kier molecular flexibility index (Phi) is 4.60. The lowest BCUT2D eigenvalue weighted by molar-refractivity contribution is 0.133. The van der Waals surface area contributed by atoms with Crippen molar-refractivity contribution in [3.63, 3.8) is 0 Å². The molecule has 19 heavy (non-hydrogen) atoms. The number of rotatable bonds is 5. The molecule has 108 valence electrons. The largest absolute Gasteiger partial charge is 0.391 e. The zero-order valence-electron chi connectivity index (χ0n) is 12.0. The van der Waals surface area contributed by atoms with Crippen LogP contribution in [-0.4, -0.2) is 43.6 Å². The third-order valence-corrected chi connectivity index (χ3v) is 5.02. The van der Waals surface area contributed by atoms with Crippen molar-refractivity contribution >= 4 is 15.7 Å². The highest BCUT2D eigenvalue weighted by Crippen LogP contribution is 2.27. The molecule has 0 aliphatic rings. The average molecular weight is 286 g/mol. The van der Waals surface area contributed by atoms with Crippen LogP contribution in [0.25, 0.3) is 0 Å². The normalized spacial score (nSPS) is 14.5. The molecule has 0 saturated heterocycles. The quantitative estimate of drug-likeness (QED) is 0.861. The summed E-state index contributed by atoms with van der Waals surface area (Å²) in [7, 11) is -0.532. The average Bonchev–Trinajstić information content (AvgIpc) is 2.28. The van der Waals surface area contributed by atoms with Crippen molar-refractivity contribution in [2.75, 3.05) is 19.4 Å². The van der Waals surface area contributed by atoms with E-state index in [2.05, 4.69) is 5.32 Å². The molecule has 0 fully saturated rings. The summed E-state index contributed by atoms with van der Waals surface area (Å²) < 4.78 is 25.6. The third kappa shape index (κ3) is 3.46. The highest BCUT2D eigenvalue weighted by Gasteiger charge is 2.27. The minimum Gasteiger partial charge on any atom is -0.391 e. The number of aliphatic hydroxyl groups excluding tert-OH is 1. The van der Waals surface area contributed by atoms with Gasteiger partial charge in [0.25, 0.3) is 0 Å². The van der Waals surface area contributed by atoms with Crippen LogP contribution in [0.4, 0.5) is 5.69 Å². The standard InChI is InChI=1S/C13H22N2O3S/c1-10(16)13(2,3)14-11-8-6-7-9-12(11)19(17,18)15(4)5/h6-10,14,16H,1-5H3. The second kappa shape index (κ2) is 5.48. The minimum atomic E-state index is -3.52. The summed E-state index contributed by atoms with van der Waals surface area (Å²) >= 11 is 0. The summed E-state index contributed by atoms with van der Waals surface area (Å²) in [5.74, 6) is 0. The van der Waals surface area contributed by atoms with Crippen molar-refractivity contribution in [1.82, 2.24) is 4.31 Å². The molecule has 0 amide bonds. The first-order chi connectivity index (χ1) is 8.59. The first-order valence-corrected chi connectivity index (χ1v) is 7.51. The Morgan fingerprint density at radius 3 is 2.26 bits per heavy atom. The van der Waals surface area contributed by atoms with E-state index in [1.165, 1.54) is 18.4 Å². The number of nitrogens with one attached hydrogen (secondary N) is 1. The van der Waals surface area contributed by atoms with E-state index in [9.17, 15) is 13.5 Å². The molecular formula is C13H22N2O3S. The topological polar surface area (TPSA) is 69.6 Å². The van der Waals surface area contributed by atoms with E-state index in [0.717, 1.165) is 0 Å². The van der Waals surface area contributed by atoms with Crippen LogP contribution in [0.5, 0.6) is 0 Å². The Bertz CT molecular complexity index is 537. The summed E-state index contributed by atoms with van der Waals surface area (Å²) in [6.07, 6.45) is -0.623. The summed E-state index contributed by atoms with van der Waals surface area (Å²) in [5, 5.41) is 12.8. The van der Waals surface area contributed by atoms with E-state index in [-0.39, 0.29) is 4.90 Å². The van der Waals surface area contributed by atoms with E-state index in [1.807, 2.05) is 13.8 Å². The van der Waals surface area contributed by atoms with Gasteiger partial charge < -0.3 is 10.4 Å². The molecule has 2 N–H and O–H groups in total. The molecule has 6 heteroatoms. The molecule has 1 unspecified atom stereocenters. The van der Waals surface area contributed by atoms with E-state index in [1.54, 1.807) is 31.2 Å². The predicted octanol–water partition coefficient (Wildman–Crippen LogP) is 1.51. The molecule has 1 aromatic carbocycles. The molecule has 0 radical (unpaired) electrons. The molecule has 0 aliphatic carbocycles. The Morgan fingerprint density at radius 1 is 1.26 bits per heavy atom. The maximum Gasteiger partial charge on any atom is 0.244 e. The number of hydrogen-bond donors (Lipinski definition) is 2. The van der Waals surface area contributed by atoms with Gasteiger partial charge in [0.2, 0.25) is 10.0 Å². The van der Waals surface area contributed by atoms with Crippen LogP contribution in [0.15, 0.2) is 29.2 Å². The van der Waals surface area contributed by atoms with E-state index in [4.69, 9.17) is 0 Å². The van der Waals surface area contributed by atoms with E-state index in [0.29, 0.717) is 5.69 Å². The molecule has 0 heterocycles. The van der Waals surface area contributed by atoms with Crippen molar-refractivity contribution in [2.24, 2.45) is 0 Å². The van der Waals surface area contributed by atoms with Gasteiger partial charge in [0.15, 0.2) is 0 Å². The first-order valence-electron chi connectivity index (χ1n) is 6.07. The second-order valence-corrected chi connectivity index (χ2v) is 7.43. The Balaban J connectivity index is 3.26. The van der Waals surface area contributed by atoms with Crippen LogP contribution in [0.1, 0.15) is 20.8 Å². The number of para-hydroxylation sites is 1. The maximum atomic E-state index is 12.2. The number of benzene rings is 1. The van der Waals surface area contributed by atoms with Gasteiger partial charge in [-0.2, -0.15) is 0 Å². The molecule has 0 aliphatic heterocycles. The predicted molar refractivity (Wildman–Crippen MR) is 76.7 cm³/mol. The lowest BCUT2D eigenvalue weighted by atomic mass is 9.98. The number of hydrogen-bond acceptors (Lipinski definition) is 4. The van der Waals surface area contributed by atoms with E-state index >= 15 is 0 Å². The van der Waals surface area contributed by atoms with Crippen LogP contribution in [0.3, 0.4) is 0 Å². The third-order valence-electron chi connectivity index (χ3n) is 3.15. The van der Waals surface area contributed by atoms with Gasteiger partial charge in [-0.3, -0.25) is 0 Å². The molecule has 0 saturated carbocycles. The zero-order valence-corrected chi connectivity index (χ0v) is 12.8. The highest BCUT2D eigenvalue weighted by molar-refractivity contribution is 7.89. The smallest absolute Gasteiger partial charge is 0.244 e. The SMILES string of the molecule is CC(O)C(C)(C)Nc1ccccc1S(=O)(=O)N(C)C. The molecule has 1 atom stereocenters. The molecule has 0 spiro atoms. The maximum absolute atomic E-state index is 12.2. The second-order valence-electron chi connectivity index (χ2n) is 5.31. The summed E-state index contributed by atoms with van der Waals surface area (Å²) in [6.45, 7) is 5.30. The fourth-order valence-corrected chi connectivity index (χ4v) is 2.48. The van der Waals surface area contributed by atoms with Gasteiger partial charge in [-0.05, 0) is 32.9 Å². The molecule has 1 aromatic rings. The molecule has 0 aromatic heterocycles. The number of sulfonamides is 1. The van der Waals surface area contributed by atoms with Gasteiger partial charge >= 0.3 is 0 Å². The number of anilines is 1. The summed E-state index contributed by atoms with van der Waals surface area (Å²) in [6, 6.07) is 6.68. The van der Waals surface area contributed by atoms with Gasteiger partial charge in [0.05, 0.1) is 17.3 Å². The van der Waals surface area contributed by atoms with Crippen LogP contribution >= 0.6 is 0 Å². The lowest BCUT2D eigenvalue weighted by Gasteiger charge is -2.31.